The Morgan fingerprint density at radius 3 is 1.18 bits per heavy atom. The first kappa shape index (κ1) is 36.5. The van der Waals surface area contributed by atoms with Crippen molar-refractivity contribution in [3.05, 3.63) is 0 Å². The van der Waals surface area contributed by atoms with Gasteiger partial charge in [-0.05, 0) is 51.6 Å². The van der Waals surface area contributed by atoms with Gasteiger partial charge in [0.2, 0.25) is 11.8 Å². The van der Waals surface area contributed by atoms with Gasteiger partial charge in [0.15, 0.2) is 0 Å². The molecule has 0 saturated carbocycles. The fourth-order valence-electron chi connectivity index (χ4n) is 3.77. The van der Waals surface area contributed by atoms with Gasteiger partial charge in [-0.1, -0.05) is 73.0 Å². The topological polar surface area (TPSA) is 185 Å². The highest BCUT2D eigenvalue weighted by atomic mass is 33.1. The molecule has 0 aliphatic rings. The minimum Gasteiger partial charge on any atom is -0.480 e. The van der Waals surface area contributed by atoms with Gasteiger partial charge < -0.3 is 32.3 Å². The van der Waals surface area contributed by atoms with Crippen molar-refractivity contribution in [2.45, 2.75) is 115 Å². The van der Waals surface area contributed by atoms with Crippen LogP contribution in [0.25, 0.3) is 0 Å². The predicted molar refractivity (Wildman–Crippen MR) is 156 cm³/mol. The second-order valence-electron chi connectivity index (χ2n) is 9.46. The van der Waals surface area contributed by atoms with Crippen molar-refractivity contribution in [3.8, 4) is 0 Å². The minimum absolute atomic E-state index is 0.247. The van der Waals surface area contributed by atoms with Crippen LogP contribution < -0.4 is 22.1 Å². The van der Waals surface area contributed by atoms with Gasteiger partial charge >= 0.3 is 11.9 Å². The molecule has 0 rings (SSSR count). The minimum atomic E-state index is -1.06. The number of hydrogen-bond acceptors (Lipinski definition) is 8. The highest BCUT2D eigenvalue weighted by molar-refractivity contribution is 8.76. The zero-order valence-electron chi connectivity index (χ0n) is 22.8. The number of carbonyl (C=O) groups is 4. The van der Waals surface area contributed by atoms with E-state index in [1.54, 1.807) is 0 Å². The molecular formula is C26H50N4O6S2. The molecule has 0 bridgehead atoms. The van der Waals surface area contributed by atoms with Gasteiger partial charge in [0.1, 0.15) is 12.1 Å². The Morgan fingerprint density at radius 1 is 0.553 bits per heavy atom. The monoisotopic (exact) mass is 578 g/mol. The van der Waals surface area contributed by atoms with Crippen molar-refractivity contribution in [3.63, 3.8) is 0 Å². The van der Waals surface area contributed by atoms with Crippen LogP contribution in [0.15, 0.2) is 0 Å². The molecule has 38 heavy (non-hydrogen) atoms. The zero-order chi connectivity index (χ0) is 28.4. The van der Waals surface area contributed by atoms with Gasteiger partial charge in [-0.15, -0.1) is 0 Å². The Balaban J connectivity index is 4.03. The number of carboxylic acids is 2. The van der Waals surface area contributed by atoms with E-state index >= 15 is 0 Å². The lowest BCUT2D eigenvalue weighted by Gasteiger charge is -2.15. The van der Waals surface area contributed by atoms with E-state index in [9.17, 15) is 29.4 Å². The molecule has 2 unspecified atom stereocenters. The number of nitrogens with two attached hydrogens (primary N) is 2. The summed E-state index contributed by atoms with van der Waals surface area (Å²) in [5, 5.41) is 24.0. The number of aliphatic carboxylic acids is 2. The number of hydrogen-bond donors (Lipinski definition) is 6. The van der Waals surface area contributed by atoms with E-state index in [-0.39, 0.29) is 24.7 Å². The number of amides is 2. The summed E-state index contributed by atoms with van der Waals surface area (Å²) in [7, 11) is 2.87. The maximum Gasteiger partial charge on any atom is 0.326 e. The quantitative estimate of drug-likeness (QED) is 0.0620. The second-order valence-corrected chi connectivity index (χ2v) is 12.2. The molecule has 0 aromatic rings. The van der Waals surface area contributed by atoms with Crippen molar-refractivity contribution in [1.29, 1.82) is 0 Å². The molecule has 0 saturated heterocycles. The Hall–Kier alpha value is -1.50. The average Bonchev–Trinajstić information content (AvgIpc) is 2.87. The lowest BCUT2D eigenvalue weighted by Crippen LogP contribution is -2.41. The first-order chi connectivity index (χ1) is 18.3. The number of rotatable bonds is 27. The van der Waals surface area contributed by atoms with Crippen molar-refractivity contribution in [2.75, 3.05) is 24.6 Å². The molecule has 0 aliphatic carbocycles. The van der Waals surface area contributed by atoms with Gasteiger partial charge in [-0.2, -0.15) is 0 Å². The number of carboxylic acid groups (broad SMARTS) is 2. The highest BCUT2D eigenvalue weighted by Crippen LogP contribution is 2.24. The molecule has 2 atom stereocenters. The summed E-state index contributed by atoms with van der Waals surface area (Å²) in [6.45, 7) is 1.40. The van der Waals surface area contributed by atoms with Gasteiger partial charge in [-0.25, -0.2) is 9.59 Å². The maximum absolute atomic E-state index is 12.1. The van der Waals surface area contributed by atoms with Crippen LogP contribution in [0.1, 0.15) is 103 Å². The molecule has 10 nitrogen and oxygen atoms in total. The van der Waals surface area contributed by atoms with Gasteiger partial charge in [-0.3, -0.25) is 9.59 Å². The van der Waals surface area contributed by atoms with Crippen LogP contribution in [-0.2, 0) is 19.2 Å². The van der Waals surface area contributed by atoms with Crippen LogP contribution in [0.5, 0.6) is 0 Å². The van der Waals surface area contributed by atoms with E-state index in [2.05, 4.69) is 10.6 Å². The largest absolute Gasteiger partial charge is 0.480 e. The average molecular weight is 579 g/mol. The van der Waals surface area contributed by atoms with Crippen LogP contribution >= 0.6 is 21.6 Å². The fraction of sp³-hybridized carbons (Fsp3) is 0.846. The van der Waals surface area contributed by atoms with Crippen LogP contribution in [0.4, 0.5) is 0 Å². The van der Waals surface area contributed by atoms with E-state index in [1.807, 2.05) is 0 Å². The molecule has 0 heterocycles. The maximum atomic E-state index is 12.1. The number of nitrogens with one attached hydrogen (secondary N) is 2. The van der Waals surface area contributed by atoms with Crippen LogP contribution in [-0.4, -0.2) is 70.6 Å². The van der Waals surface area contributed by atoms with Crippen LogP contribution in [0, 0.1) is 0 Å². The van der Waals surface area contributed by atoms with Gasteiger partial charge in [0, 0.05) is 24.3 Å². The summed E-state index contributed by atoms with van der Waals surface area (Å²) in [6, 6.07) is -1.88. The highest BCUT2D eigenvalue weighted by Gasteiger charge is 2.21. The predicted octanol–water partition coefficient (Wildman–Crippen LogP) is 3.67. The Kier molecular flexibility index (Phi) is 24.7. The van der Waals surface area contributed by atoms with E-state index < -0.39 is 24.0 Å². The third-order valence-electron chi connectivity index (χ3n) is 6.05. The van der Waals surface area contributed by atoms with Crippen LogP contribution in [0.3, 0.4) is 0 Å². The first-order valence-electron chi connectivity index (χ1n) is 14.0. The standard InChI is InChI=1S/C26H50N4O6S2/c27-17-11-7-3-1-5-9-13-23(31)29-21(25(33)34)15-19-37-38-20-16-22(26(35)36)30-24(32)14-10-6-2-4-8-12-18-28/h21-22H,1-20,27-28H2,(H,29,31)(H,30,32)(H,33,34)(H,35,36). The Morgan fingerprint density at radius 2 is 0.868 bits per heavy atom. The second kappa shape index (κ2) is 25.8. The number of unbranched alkanes of at least 4 members (excludes halogenated alkanes) is 10. The van der Waals surface area contributed by atoms with Crippen molar-refractivity contribution < 1.29 is 29.4 Å². The van der Waals surface area contributed by atoms with E-state index in [0.29, 0.717) is 37.4 Å². The molecule has 0 spiro atoms. The smallest absolute Gasteiger partial charge is 0.326 e. The normalized spacial score (nSPS) is 12.6. The summed E-state index contributed by atoms with van der Waals surface area (Å²) in [5.41, 5.74) is 10.9. The summed E-state index contributed by atoms with van der Waals surface area (Å²) >= 11 is 0. The van der Waals surface area contributed by atoms with Crippen LogP contribution in [0.2, 0.25) is 0 Å². The molecule has 0 aromatic carbocycles. The molecule has 2 amide bonds. The Labute approximate surface area is 236 Å². The third kappa shape index (κ3) is 22.5. The molecular weight excluding hydrogens is 528 g/mol. The molecule has 0 fully saturated rings. The zero-order valence-corrected chi connectivity index (χ0v) is 24.4. The van der Waals surface area contributed by atoms with E-state index in [0.717, 1.165) is 77.0 Å². The van der Waals surface area contributed by atoms with Crippen molar-refractivity contribution in [1.82, 2.24) is 10.6 Å². The molecule has 12 heteroatoms. The molecule has 0 aromatic heterocycles. The van der Waals surface area contributed by atoms with E-state index in [4.69, 9.17) is 11.5 Å². The Bertz CT molecular complexity index is 603. The number of carbonyl (C=O) groups excluding carboxylic acids is 2. The van der Waals surface area contributed by atoms with E-state index in [1.165, 1.54) is 21.6 Å². The summed E-state index contributed by atoms with van der Waals surface area (Å²) in [5.74, 6) is -1.62. The summed E-state index contributed by atoms with van der Waals surface area (Å²) in [4.78, 5) is 47.2. The first-order valence-corrected chi connectivity index (χ1v) is 16.5. The van der Waals surface area contributed by atoms with Gasteiger partial charge in [0.25, 0.3) is 0 Å². The fourth-order valence-corrected chi connectivity index (χ4v) is 5.96. The lowest BCUT2D eigenvalue weighted by atomic mass is 10.1. The molecule has 0 aliphatic heterocycles. The molecule has 8 N–H and O–H groups in total. The summed E-state index contributed by atoms with van der Waals surface area (Å²) in [6.07, 6.45) is 13.1. The van der Waals surface area contributed by atoms with Gasteiger partial charge in [0.05, 0.1) is 0 Å². The molecule has 0 radical (unpaired) electrons. The SMILES string of the molecule is NCCCCCCCCC(=O)NC(CCSSCCC(NC(=O)CCCCCCCCN)C(=O)O)C(=O)O. The van der Waals surface area contributed by atoms with Crippen molar-refractivity contribution >= 4 is 45.3 Å². The summed E-state index contributed by atoms with van der Waals surface area (Å²) < 4.78 is 0. The van der Waals surface area contributed by atoms with Crippen molar-refractivity contribution in [2.24, 2.45) is 11.5 Å². The molecule has 222 valence electrons. The lowest BCUT2D eigenvalue weighted by molar-refractivity contribution is -0.142. The third-order valence-corrected chi connectivity index (χ3v) is 8.52.